The average molecular weight is 541 g/mol. The number of thiocarbonyl (C=S) groups is 1. The monoisotopic (exact) mass is 540 g/mol. The van der Waals surface area contributed by atoms with E-state index in [1.165, 1.54) is 0 Å². The highest BCUT2D eigenvalue weighted by atomic mass is 127. The fourth-order valence-corrected chi connectivity index (χ4v) is 3.33. The van der Waals surface area contributed by atoms with Gasteiger partial charge in [0.15, 0.2) is 5.11 Å². The lowest BCUT2D eigenvalue weighted by Crippen LogP contribution is -2.39. The second-order valence-corrected chi connectivity index (χ2v) is 7.88. The van der Waals surface area contributed by atoms with Crippen LogP contribution >= 0.6 is 50.7 Å². The standard InChI is InChI=1S/C19H14BrIN2O2S/c20-13-7-5-12(6-8-13)17-10-9-14(25-17)11-22-19(26)23-18(24)15-3-1-2-4-16(15)21/h1-10H,11H2,(H2,22,23,24,26). The zero-order valence-corrected chi connectivity index (χ0v) is 18.0. The molecule has 0 aliphatic carbocycles. The highest BCUT2D eigenvalue weighted by molar-refractivity contribution is 14.1. The molecule has 132 valence electrons. The molecule has 0 aliphatic heterocycles. The number of hydrogen-bond acceptors (Lipinski definition) is 3. The molecule has 2 N–H and O–H groups in total. The lowest BCUT2D eigenvalue weighted by atomic mass is 10.2. The first-order valence-electron chi connectivity index (χ1n) is 7.71. The topological polar surface area (TPSA) is 54.3 Å². The van der Waals surface area contributed by atoms with Crippen molar-refractivity contribution in [2.75, 3.05) is 0 Å². The van der Waals surface area contributed by atoms with Gasteiger partial charge in [0, 0.05) is 13.6 Å². The van der Waals surface area contributed by atoms with Gasteiger partial charge >= 0.3 is 0 Å². The van der Waals surface area contributed by atoms with Crippen molar-refractivity contribution in [3.8, 4) is 11.3 Å². The molecular formula is C19H14BrIN2O2S. The largest absolute Gasteiger partial charge is 0.459 e. The fraction of sp³-hybridized carbons (Fsp3) is 0.0526. The van der Waals surface area contributed by atoms with Gasteiger partial charge < -0.3 is 9.73 Å². The Kier molecular flexibility index (Phi) is 6.44. The first-order valence-corrected chi connectivity index (χ1v) is 9.99. The molecule has 0 spiro atoms. The van der Waals surface area contributed by atoms with Crippen LogP contribution in [0.15, 0.2) is 69.6 Å². The molecule has 0 fully saturated rings. The third-order valence-corrected chi connectivity index (χ3v) is 5.27. The Morgan fingerprint density at radius 1 is 1.08 bits per heavy atom. The molecule has 1 aromatic heterocycles. The molecule has 1 amide bonds. The van der Waals surface area contributed by atoms with Crippen molar-refractivity contribution < 1.29 is 9.21 Å². The maximum absolute atomic E-state index is 12.2. The van der Waals surface area contributed by atoms with Crippen LogP contribution in [0.25, 0.3) is 11.3 Å². The van der Waals surface area contributed by atoms with Gasteiger partial charge in [-0.3, -0.25) is 10.1 Å². The van der Waals surface area contributed by atoms with E-state index in [1.54, 1.807) is 6.07 Å². The van der Waals surface area contributed by atoms with Crippen molar-refractivity contribution in [1.82, 2.24) is 10.6 Å². The molecule has 4 nitrogen and oxygen atoms in total. The normalized spacial score (nSPS) is 10.4. The van der Waals surface area contributed by atoms with E-state index >= 15 is 0 Å². The first kappa shape index (κ1) is 19.1. The number of carbonyl (C=O) groups excluding carboxylic acids is 1. The van der Waals surface area contributed by atoms with Crippen LogP contribution in [0.2, 0.25) is 0 Å². The van der Waals surface area contributed by atoms with Crippen LogP contribution in [0.1, 0.15) is 16.1 Å². The molecule has 0 aliphatic rings. The highest BCUT2D eigenvalue weighted by Gasteiger charge is 2.11. The van der Waals surface area contributed by atoms with Crippen molar-refractivity contribution in [1.29, 1.82) is 0 Å². The van der Waals surface area contributed by atoms with Gasteiger partial charge in [0.25, 0.3) is 5.91 Å². The average Bonchev–Trinajstić information content (AvgIpc) is 3.10. The fourth-order valence-electron chi connectivity index (χ4n) is 2.27. The Hall–Kier alpha value is -1.71. The van der Waals surface area contributed by atoms with Crippen LogP contribution in [0.5, 0.6) is 0 Å². The number of rotatable bonds is 4. The molecular weight excluding hydrogens is 527 g/mol. The summed E-state index contributed by atoms with van der Waals surface area (Å²) in [4.78, 5) is 12.2. The summed E-state index contributed by atoms with van der Waals surface area (Å²) in [6, 6.07) is 19.0. The zero-order valence-electron chi connectivity index (χ0n) is 13.5. The van der Waals surface area contributed by atoms with Crippen molar-refractivity contribution in [3.05, 3.63) is 80.0 Å². The summed E-state index contributed by atoms with van der Waals surface area (Å²) >= 11 is 10.7. The minimum atomic E-state index is -0.234. The van der Waals surface area contributed by atoms with E-state index in [0.717, 1.165) is 25.1 Å². The molecule has 0 saturated carbocycles. The summed E-state index contributed by atoms with van der Waals surface area (Å²) in [5, 5.41) is 5.93. The molecule has 1 heterocycles. The van der Waals surface area contributed by atoms with Gasteiger partial charge in [0.05, 0.1) is 12.1 Å². The maximum atomic E-state index is 12.2. The van der Waals surface area contributed by atoms with E-state index in [0.29, 0.717) is 12.1 Å². The van der Waals surface area contributed by atoms with Gasteiger partial charge in [-0.2, -0.15) is 0 Å². The van der Waals surface area contributed by atoms with E-state index in [-0.39, 0.29) is 11.0 Å². The molecule has 3 rings (SSSR count). The van der Waals surface area contributed by atoms with Gasteiger partial charge in [-0.25, -0.2) is 0 Å². The van der Waals surface area contributed by atoms with Crippen LogP contribution in [0.3, 0.4) is 0 Å². The van der Waals surface area contributed by atoms with E-state index in [1.807, 2.05) is 54.6 Å². The number of carbonyl (C=O) groups is 1. The van der Waals surface area contributed by atoms with Crippen molar-refractivity contribution in [2.24, 2.45) is 0 Å². The molecule has 26 heavy (non-hydrogen) atoms. The SMILES string of the molecule is O=C(NC(=S)NCc1ccc(-c2ccc(Br)cc2)o1)c1ccccc1I. The Morgan fingerprint density at radius 3 is 2.54 bits per heavy atom. The quantitative estimate of drug-likeness (QED) is 0.356. The summed E-state index contributed by atoms with van der Waals surface area (Å²) < 4.78 is 7.71. The molecule has 0 unspecified atom stereocenters. The van der Waals surface area contributed by atoms with E-state index in [4.69, 9.17) is 16.6 Å². The molecule has 0 atom stereocenters. The minimum Gasteiger partial charge on any atom is -0.459 e. The predicted octanol–water partition coefficient (Wildman–Crippen LogP) is 5.12. The number of hydrogen-bond donors (Lipinski definition) is 2. The third kappa shape index (κ3) is 4.93. The Bertz CT molecular complexity index is 941. The van der Waals surface area contributed by atoms with E-state index < -0.39 is 0 Å². The lowest BCUT2D eigenvalue weighted by molar-refractivity contribution is 0.0975. The Balaban J connectivity index is 1.56. The smallest absolute Gasteiger partial charge is 0.258 e. The second kappa shape index (κ2) is 8.79. The number of furan rings is 1. The predicted molar refractivity (Wildman–Crippen MR) is 118 cm³/mol. The molecule has 3 aromatic rings. The number of amides is 1. The third-order valence-electron chi connectivity index (χ3n) is 3.56. The van der Waals surface area contributed by atoms with Crippen molar-refractivity contribution in [2.45, 2.75) is 6.54 Å². The number of halogens is 2. The van der Waals surface area contributed by atoms with Gasteiger partial charge in [-0.05, 0) is 71.2 Å². The van der Waals surface area contributed by atoms with E-state index in [2.05, 4.69) is 49.2 Å². The summed E-state index contributed by atoms with van der Waals surface area (Å²) in [6.45, 7) is 0.390. The van der Waals surface area contributed by atoms with E-state index in [9.17, 15) is 4.79 Å². The molecule has 7 heteroatoms. The van der Waals surface area contributed by atoms with Crippen LogP contribution in [-0.4, -0.2) is 11.0 Å². The van der Waals surface area contributed by atoms with Crippen LogP contribution in [0, 0.1) is 3.57 Å². The van der Waals surface area contributed by atoms with Gasteiger partial charge in [0.2, 0.25) is 0 Å². The Morgan fingerprint density at radius 2 is 1.81 bits per heavy atom. The minimum absolute atomic E-state index is 0.234. The van der Waals surface area contributed by atoms with Crippen molar-refractivity contribution in [3.63, 3.8) is 0 Å². The highest BCUT2D eigenvalue weighted by Crippen LogP contribution is 2.23. The molecule has 0 bridgehead atoms. The summed E-state index contributed by atoms with van der Waals surface area (Å²) in [5.41, 5.74) is 1.58. The second-order valence-electron chi connectivity index (χ2n) is 5.39. The molecule has 0 radical (unpaired) electrons. The first-order chi connectivity index (χ1) is 12.5. The van der Waals surface area contributed by atoms with Crippen molar-refractivity contribution >= 4 is 61.8 Å². The number of nitrogens with one attached hydrogen (secondary N) is 2. The van der Waals surface area contributed by atoms with Gasteiger partial charge in [-0.15, -0.1) is 0 Å². The van der Waals surface area contributed by atoms with Crippen LogP contribution in [0.4, 0.5) is 0 Å². The van der Waals surface area contributed by atoms with Gasteiger partial charge in [0.1, 0.15) is 11.5 Å². The zero-order chi connectivity index (χ0) is 18.5. The molecule has 2 aromatic carbocycles. The van der Waals surface area contributed by atoms with Crippen LogP contribution < -0.4 is 10.6 Å². The maximum Gasteiger partial charge on any atom is 0.258 e. The molecule has 0 saturated heterocycles. The Labute approximate surface area is 178 Å². The summed E-state index contributed by atoms with van der Waals surface area (Å²) in [7, 11) is 0. The number of benzene rings is 2. The lowest BCUT2D eigenvalue weighted by Gasteiger charge is -2.09. The van der Waals surface area contributed by atoms with Crippen LogP contribution in [-0.2, 0) is 6.54 Å². The summed E-state index contributed by atoms with van der Waals surface area (Å²) in [6.07, 6.45) is 0. The van der Waals surface area contributed by atoms with Gasteiger partial charge in [-0.1, -0.05) is 40.2 Å². The summed E-state index contributed by atoms with van der Waals surface area (Å²) in [5.74, 6) is 1.28.